The summed E-state index contributed by atoms with van der Waals surface area (Å²) in [5.74, 6) is 0.614. The van der Waals surface area contributed by atoms with E-state index in [1.165, 1.54) is 0 Å². The largest absolute Gasteiger partial charge is 0.338 e. The molecule has 114 valence electrons. The van der Waals surface area contributed by atoms with Gasteiger partial charge in [-0.15, -0.1) is 0 Å². The molecule has 0 saturated heterocycles. The lowest BCUT2D eigenvalue weighted by atomic mass is 10.2. The van der Waals surface area contributed by atoms with Crippen molar-refractivity contribution in [3.8, 4) is 11.3 Å². The van der Waals surface area contributed by atoms with Crippen molar-refractivity contribution < 1.29 is 4.63 Å². The van der Waals surface area contributed by atoms with Crippen molar-refractivity contribution in [1.82, 2.24) is 30.1 Å². The first kappa shape index (κ1) is 14.2. The predicted octanol–water partition coefficient (Wildman–Crippen LogP) is 1.51. The van der Waals surface area contributed by atoms with E-state index in [4.69, 9.17) is 4.63 Å². The molecule has 3 aromatic rings. The lowest BCUT2D eigenvalue weighted by Gasteiger charge is -2.15. The molecule has 0 fully saturated rings. The van der Waals surface area contributed by atoms with Crippen molar-refractivity contribution in [3.05, 3.63) is 35.5 Å². The van der Waals surface area contributed by atoms with Gasteiger partial charge in [0, 0.05) is 32.1 Å². The van der Waals surface area contributed by atoms with Crippen LogP contribution in [0, 0.1) is 13.8 Å². The first-order valence-electron chi connectivity index (χ1n) is 6.87. The Morgan fingerprint density at radius 3 is 2.68 bits per heavy atom. The first-order chi connectivity index (χ1) is 10.5. The number of anilines is 1. The molecule has 3 heterocycles. The Kier molecular flexibility index (Phi) is 3.58. The highest BCUT2D eigenvalue weighted by atomic mass is 16.6. The molecule has 0 bridgehead atoms. The maximum absolute atomic E-state index is 4.72. The molecule has 0 spiro atoms. The van der Waals surface area contributed by atoms with Gasteiger partial charge in [-0.05, 0) is 19.9 Å². The normalized spacial score (nSPS) is 10.9. The fourth-order valence-electron chi connectivity index (χ4n) is 2.22. The van der Waals surface area contributed by atoms with Crippen molar-refractivity contribution in [2.75, 3.05) is 11.9 Å². The summed E-state index contributed by atoms with van der Waals surface area (Å²) in [7, 11) is 3.80. The Balaban J connectivity index is 1.87. The van der Waals surface area contributed by atoms with Crippen molar-refractivity contribution in [2.45, 2.75) is 20.4 Å². The van der Waals surface area contributed by atoms with Crippen LogP contribution in [0.4, 0.5) is 5.95 Å². The second-order valence-electron chi connectivity index (χ2n) is 5.20. The lowest BCUT2D eigenvalue weighted by Crippen LogP contribution is -2.20. The van der Waals surface area contributed by atoms with E-state index in [1.807, 2.05) is 45.1 Å². The van der Waals surface area contributed by atoms with Gasteiger partial charge in [0.25, 0.3) is 0 Å². The van der Waals surface area contributed by atoms with Crippen LogP contribution >= 0.6 is 0 Å². The number of rotatable bonds is 4. The van der Waals surface area contributed by atoms with Crippen LogP contribution in [0.15, 0.2) is 23.1 Å². The summed E-state index contributed by atoms with van der Waals surface area (Å²) < 4.78 is 6.49. The number of nitrogens with zero attached hydrogens (tertiary/aromatic N) is 7. The van der Waals surface area contributed by atoms with Gasteiger partial charge < -0.3 is 4.90 Å². The van der Waals surface area contributed by atoms with Gasteiger partial charge in [-0.1, -0.05) is 10.3 Å². The summed E-state index contributed by atoms with van der Waals surface area (Å²) in [6, 6.07) is 1.88. The Hall–Kier alpha value is -2.77. The summed E-state index contributed by atoms with van der Waals surface area (Å²) in [6.45, 7) is 4.35. The SMILES string of the molecule is Cc1nn(C)cc1-c1ccnc(N(C)Cc2nonc2C)n1. The molecule has 0 aromatic carbocycles. The van der Waals surface area contributed by atoms with Crippen LogP contribution in [-0.2, 0) is 13.6 Å². The van der Waals surface area contributed by atoms with E-state index in [2.05, 4.69) is 25.4 Å². The standard InChI is InChI=1S/C14H17N7O/c1-9-11(7-21(4)17-9)12-5-6-15-14(16-12)20(3)8-13-10(2)18-22-19-13/h5-7H,8H2,1-4H3. The number of hydrogen-bond acceptors (Lipinski definition) is 7. The van der Waals surface area contributed by atoms with E-state index >= 15 is 0 Å². The van der Waals surface area contributed by atoms with Gasteiger partial charge in [-0.2, -0.15) is 5.10 Å². The average Bonchev–Trinajstić information content (AvgIpc) is 3.05. The van der Waals surface area contributed by atoms with Crippen LogP contribution in [0.3, 0.4) is 0 Å². The van der Waals surface area contributed by atoms with Crippen molar-refractivity contribution in [1.29, 1.82) is 0 Å². The lowest BCUT2D eigenvalue weighted by molar-refractivity contribution is 0.301. The second-order valence-corrected chi connectivity index (χ2v) is 5.20. The Bertz CT molecular complexity index is 792. The summed E-state index contributed by atoms with van der Waals surface area (Å²) in [4.78, 5) is 10.8. The quantitative estimate of drug-likeness (QED) is 0.721. The molecule has 0 aliphatic rings. The van der Waals surface area contributed by atoms with Gasteiger partial charge in [0.05, 0.1) is 17.9 Å². The molecule has 0 aliphatic carbocycles. The first-order valence-corrected chi connectivity index (χ1v) is 6.87. The smallest absolute Gasteiger partial charge is 0.225 e. The summed E-state index contributed by atoms with van der Waals surface area (Å²) in [5.41, 5.74) is 4.32. The van der Waals surface area contributed by atoms with Crippen LogP contribution in [0.25, 0.3) is 11.3 Å². The molecule has 0 atom stereocenters. The predicted molar refractivity (Wildman–Crippen MR) is 80.1 cm³/mol. The Morgan fingerprint density at radius 2 is 2.05 bits per heavy atom. The third-order valence-corrected chi connectivity index (χ3v) is 3.41. The molecule has 0 aliphatic heterocycles. The van der Waals surface area contributed by atoms with E-state index in [-0.39, 0.29) is 0 Å². The van der Waals surface area contributed by atoms with Crippen LogP contribution in [0.5, 0.6) is 0 Å². The molecular weight excluding hydrogens is 282 g/mol. The topological polar surface area (TPSA) is 85.8 Å². The summed E-state index contributed by atoms with van der Waals surface area (Å²) >= 11 is 0. The van der Waals surface area contributed by atoms with Gasteiger partial charge in [0.15, 0.2) is 0 Å². The molecule has 0 unspecified atom stereocenters. The highest BCUT2D eigenvalue weighted by Gasteiger charge is 2.13. The molecule has 0 amide bonds. The zero-order valence-electron chi connectivity index (χ0n) is 13.0. The molecule has 0 N–H and O–H groups in total. The molecular formula is C14H17N7O. The van der Waals surface area contributed by atoms with Crippen LogP contribution in [0.1, 0.15) is 17.1 Å². The Morgan fingerprint density at radius 1 is 1.23 bits per heavy atom. The molecule has 8 heteroatoms. The average molecular weight is 299 g/mol. The van der Waals surface area contributed by atoms with E-state index < -0.39 is 0 Å². The van der Waals surface area contributed by atoms with E-state index in [0.29, 0.717) is 12.5 Å². The monoisotopic (exact) mass is 299 g/mol. The highest BCUT2D eigenvalue weighted by Crippen LogP contribution is 2.21. The number of hydrogen-bond donors (Lipinski definition) is 0. The van der Waals surface area contributed by atoms with Crippen LogP contribution in [-0.4, -0.2) is 37.1 Å². The summed E-state index contributed by atoms with van der Waals surface area (Å²) in [6.07, 6.45) is 3.70. The fourth-order valence-corrected chi connectivity index (χ4v) is 2.22. The number of aryl methyl sites for hydroxylation is 3. The van der Waals surface area contributed by atoms with Crippen molar-refractivity contribution in [3.63, 3.8) is 0 Å². The van der Waals surface area contributed by atoms with E-state index in [1.54, 1.807) is 10.9 Å². The minimum absolute atomic E-state index is 0.533. The zero-order valence-corrected chi connectivity index (χ0v) is 13.0. The molecule has 3 rings (SSSR count). The van der Waals surface area contributed by atoms with Gasteiger partial charge in [0.2, 0.25) is 5.95 Å². The van der Waals surface area contributed by atoms with Gasteiger partial charge in [-0.25, -0.2) is 14.6 Å². The third kappa shape index (κ3) is 2.67. The summed E-state index contributed by atoms with van der Waals surface area (Å²) in [5, 5.41) is 12.0. The maximum Gasteiger partial charge on any atom is 0.225 e. The van der Waals surface area contributed by atoms with Crippen LogP contribution in [0.2, 0.25) is 0 Å². The van der Waals surface area contributed by atoms with E-state index in [9.17, 15) is 0 Å². The maximum atomic E-state index is 4.72. The molecule has 3 aromatic heterocycles. The van der Waals surface area contributed by atoms with Gasteiger partial charge in [-0.3, -0.25) is 4.68 Å². The molecule has 0 saturated carbocycles. The minimum Gasteiger partial charge on any atom is -0.338 e. The van der Waals surface area contributed by atoms with E-state index in [0.717, 1.165) is 28.3 Å². The molecule has 22 heavy (non-hydrogen) atoms. The van der Waals surface area contributed by atoms with Crippen molar-refractivity contribution >= 4 is 5.95 Å². The third-order valence-electron chi connectivity index (χ3n) is 3.41. The molecule has 0 radical (unpaired) electrons. The van der Waals surface area contributed by atoms with Crippen molar-refractivity contribution in [2.24, 2.45) is 7.05 Å². The number of aromatic nitrogens is 6. The minimum atomic E-state index is 0.533. The Labute approximate surface area is 127 Å². The van der Waals surface area contributed by atoms with Crippen LogP contribution < -0.4 is 4.90 Å². The van der Waals surface area contributed by atoms with Gasteiger partial charge >= 0.3 is 0 Å². The fraction of sp³-hybridized carbons (Fsp3) is 0.357. The zero-order chi connectivity index (χ0) is 15.7. The molecule has 8 nitrogen and oxygen atoms in total. The van der Waals surface area contributed by atoms with Gasteiger partial charge in [0.1, 0.15) is 11.4 Å². The highest BCUT2D eigenvalue weighted by molar-refractivity contribution is 5.61. The second kappa shape index (κ2) is 5.55.